The number of nitrogens with one attached hydrogen (secondary N) is 1. The summed E-state index contributed by atoms with van der Waals surface area (Å²) in [6, 6.07) is 0.743. The van der Waals surface area contributed by atoms with Gasteiger partial charge in [0, 0.05) is 0 Å². The minimum absolute atomic E-state index is 0.00972. The summed E-state index contributed by atoms with van der Waals surface area (Å²) >= 11 is 0. The molecule has 1 aromatic carbocycles. The highest BCUT2D eigenvalue weighted by atomic mass is 19.4. The molecule has 4 nitrogen and oxygen atoms in total. The van der Waals surface area contributed by atoms with Gasteiger partial charge in [0.1, 0.15) is 6.04 Å². The summed E-state index contributed by atoms with van der Waals surface area (Å²) in [4.78, 5) is 0. The minimum atomic E-state index is -4.42. The van der Waals surface area contributed by atoms with E-state index in [2.05, 4.69) is 5.32 Å². The zero-order valence-corrected chi connectivity index (χ0v) is 11.1. The molecule has 1 atom stereocenters. The van der Waals surface area contributed by atoms with Crippen LogP contribution in [-0.2, 0) is 0 Å². The van der Waals surface area contributed by atoms with E-state index in [9.17, 15) is 13.2 Å². The topological polar surface area (TPSA) is 39.7 Å². The van der Waals surface area contributed by atoms with Gasteiger partial charge in [0.15, 0.2) is 11.5 Å². The molecule has 1 unspecified atom stereocenters. The van der Waals surface area contributed by atoms with Gasteiger partial charge in [0.2, 0.25) is 5.75 Å². The highest BCUT2D eigenvalue weighted by Gasteiger charge is 2.40. The lowest BCUT2D eigenvalue weighted by atomic mass is 10.1. The summed E-state index contributed by atoms with van der Waals surface area (Å²) < 4.78 is 53.8. The summed E-state index contributed by atoms with van der Waals surface area (Å²) in [7, 11) is 5.33. The van der Waals surface area contributed by atoms with Crippen molar-refractivity contribution in [1.29, 1.82) is 0 Å². The van der Waals surface area contributed by atoms with Crippen molar-refractivity contribution in [2.24, 2.45) is 0 Å². The van der Waals surface area contributed by atoms with Gasteiger partial charge in [0.05, 0.1) is 21.3 Å². The van der Waals surface area contributed by atoms with E-state index in [0.29, 0.717) is 0 Å². The van der Waals surface area contributed by atoms with Crippen molar-refractivity contribution in [1.82, 2.24) is 5.32 Å². The average Bonchev–Trinajstić information content (AvgIpc) is 2.36. The Balaban J connectivity index is 3.37. The molecule has 108 valence electrons. The Kier molecular flexibility index (Phi) is 4.88. The maximum absolute atomic E-state index is 12.9. The van der Waals surface area contributed by atoms with Gasteiger partial charge in [-0.3, -0.25) is 0 Å². The third-order valence-electron chi connectivity index (χ3n) is 2.64. The number of methoxy groups -OCH3 is 3. The molecule has 0 saturated heterocycles. The first-order chi connectivity index (χ1) is 8.88. The van der Waals surface area contributed by atoms with Crippen LogP contribution in [0.4, 0.5) is 13.2 Å². The van der Waals surface area contributed by atoms with Crippen LogP contribution in [0.3, 0.4) is 0 Å². The van der Waals surface area contributed by atoms with Gasteiger partial charge < -0.3 is 19.5 Å². The number of rotatable bonds is 5. The van der Waals surface area contributed by atoms with Crippen LogP contribution >= 0.6 is 0 Å². The molecule has 19 heavy (non-hydrogen) atoms. The van der Waals surface area contributed by atoms with E-state index < -0.39 is 12.2 Å². The van der Waals surface area contributed by atoms with Gasteiger partial charge in [-0.25, -0.2) is 0 Å². The largest absolute Gasteiger partial charge is 0.493 e. The zero-order chi connectivity index (χ0) is 14.6. The molecule has 0 bridgehead atoms. The highest BCUT2D eigenvalue weighted by Crippen LogP contribution is 2.42. The van der Waals surface area contributed by atoms with Gasteiger partial charge in [-0.2, -0.15) is 13.2 Å². The fraction of sp³-hybridized carbons (Fsp3) is 0.500. The Morgan fingerprint density at radius 2 is 1.47 bits per heavy atom. The summed E-state index contributed by atoms with van der Waals surface area (Å²) in [6.45, 7) is 0. The lowest BCUT2D eigenvalue weighted by molar-refractivity contribution is -0.156. The molecule has 1 rings (SSSR count). The van der Waals surface area contributed by atoms with Crippen LogP contribution in [0.1, 0.15) is 11.6 Å². The molecular weight excluding hydrogens is 263 g/mol. The van der Waals surface area contributed by atoms with Crippen molar-refractivity contribution in [2.45, 2.75) is 12.2 Å². The molecule has 0 heterocycles. The third-order valence-corrected chi connectivity index (χ3v) is 2.64. The van der Waals surface area contributed by atoms with E-state index in [0.717, 1.165) is 0 Å². The van der Waals surface area contributed by atoms with Crippen molar-refractivity contribution >= 4 is 0 Å². The van der Waals surface area contributed by atoms with E-state index in [-0.39, 0.29) is 22.8 Å². The molecule has 0 spiro atoms. The maximum atomic E-state index is 12.9. The maximum Gasteiger partial charge on any atom is 0.407 e. The van der Waals surface area contributed by atoms with Gasteiger partial charge in [-0.05, 0) is 24.7 Å². The summed E-state index contributed by atoms with van der Waals surface area (Å²) in [5.74, 6) is 0.619. The second-order valence-corrected chi connectivity index (χ2v) is 3.72. The number of halogens is 3. The molecule has 0 fully saturated rings. The van der Waals surface area contributed by atoms with Crippen LogP contribution in [0.15, 0.2) is 12.1 Å². The Hall–Kier alpha value is -1.63. The molecule has 0 amide bonds. The summed E-state index contributed by atoms with van der Waals surface area (Å²) in [5, 5.41) is 2.22. The highest BCUT2D eigenvalue weighted by molar-refractivity contribution is 5.54. The van der Waals surface area contributed by atoms with Crippen molar-refractivity contribution in [3.63, 3.8) is 0 Å². The van der Waals surface area contributed by atoms with Gasteiger partial charge in [-0.1, -0.05) is 0 Å². The van der Waals surface area contributed by atoms with Crippen LogP contribution in [-0.4, -0.2) is 34.6 Å². The number of ether oxygens (including phenoxy) is 3. The normalized spacial score (nSPS) is 13.0. The molecule has 7 heteroatoms. The number of benzene rings is 1. The van der Waals surface area contributed by atoms with Crippen molar-refractivity contribution in [3.05, 3.63) is 17.7 Å². The summed E-state index contributed by atoms with van der Waals surface area (Å²) in [5.41, 5.74) is -0.00972. The van der Waals surface area contributed by atoms with Crippen LogP contribution in [0.25, 0.3) is 0 Å². The molecule has 0 aliphatic rings. The van der Waals surface area contributed by atoms with Crippen LogP contribution in [0.5, 0.6) is 17.2 Å². The molecular formula is C12H16F3NO3. The van der Waals surface area contributed by atoms with E-state index in [1.54, 1.807) is 0 Å². The summed E-state index contributed by atoms with van der Waals surface area (Å²) in [6.07, 6.45) is -4.42. The lowest BCUT2D eigenvalue weighted by Gasteiger charge is -2.22. The molecule has 0 aliphatic heterocycles. The minimum Gasteiger partial charge on any atom is -0.493 e. The molecule has 0 saturated carbocycles. The van der Waals surface area contributed by atoms with Gasteiger partial charge in [0.25, 0.3) is 0 Å². The molecule has 1 aromatic rings. The molecule has 0 aromatic heterocycles. The Morgan fingerprint density at radius 3 is 1.74 bits per heavy atom. The predicted molar refractivity (Wildman–Crippen MR) is 64.0 cm³/mol. The second-order valence-electron chi connectivity index (χ2n) is 3.72. The van der Waals surface area contributed by atoms with E-state index in [4.69, 9.17) is 14.2 Å². The van der Waals surface area contributed by atoms with Crippen LogP contribution < -0.4 is 19.5 Å². The number of hydrogen-bond donors (Lipinski definition) is 1. The first kappa shape index (κ1) is 15.4. The molecule has 0 aliphatic carbocycles. The third kappa shape index (κ3) is 3.23. The zero-order valence-electron chi connectivity index (χ0n) is 11.1. The Bertz CT molecular complexity index is 410. The lowest BCUT2D eigenvalue weighted by Crippen LogP contribution is -2.31. The standard InChI is InChI=1S/C12H16F3NO3/c1-16-11(12(13,14)15)7-5-8(17-2)10(19-4)9(6-7)18-3/h5-6,11,16H,1-4H3. The first-order valence-corrected chi connectivity index (χ1v) is 5.42. The second kappa shape index (κ2) is 6.01. The average molecular weight is 279 g/mol. The SMILES string of the molecule is CNC(c1cc(OC)c(OC)c(OC)c1)C(F)(F)F. The van der Waals surface area contributed by atoms with Crippen molar-refractivity contribution in [3.8, 4) is 17.2 Å². The first-order valence-electron chi connectivity index (χ1n) is 5.42. The van der Waals surface area contributed by atoms with Crippen LogP contribution in [0.2, 0.25) is 0 Å². The Morgan fingerprint density at radius 1 is 1.00 bits per heavy atom. The fourth-order valence-corrected chi connectivity index (χ4v) is 1.79. The number of hydrogen-bond acceptors (Lipinski definition) is 4. The monoisotopic (exact) mass is 279 g/mol. The van der Waals surface area contributed by atoms with E-state index >= 15 is 0 Å². The van der Waals surface area contributed by atoms with E-state index in [1.165, 1.54) is 40.5 Å². The van der Waals surface area contributed by atoms with Crippen LogP contribution in [0, 0.1) is 0 Å². The van der Waals surface area contributed by atoms with Crippen molar-refractivity contribution in [2.75, 3.05) is 28.4 Å². The quantitative estimate of drug-likeness (QED) is 0.899. The van der Waals surface area contributed by atoms with Gasteiger partial charge in [-0.15, -0.1) is 0 Å². The Labute approximate surface area is 109 Å². The molecule has 1 N–H and O–H groups in total. The van der Waals surface area contributed by atoms with Crippen molar-refractivity contribution < 1.29 is 27.4 Å². The van der Waals surface area contributed by atoms with E-state index in [1.807, 2.05) is 0 Å². The number of alkyl halides is 3. The predicted octanol–water partition coefficient (Wildman–Crippen LogP) is 2.54. The fourth-order valence-electron chi connectivity index (χ4n) is 1.79. The molecule has 0 radical (unpaired) electrons. The smallest absolute Gasteiger partial charge is 0.407 e. The van der Waals surface area contributed by atoms with Gasteiger partial charge >= 0.3 is 6.18 Å².